The van der Waals surface area contributed by atoms with Crippen LogP contribution >= 0.6 is 0 Å². The summed E-state index contributed by atoms with van der Waals surface area (Å²) in [6.45, 7) is 1.96. The van der Waals surface area contributed by atoms with Gasteiger partial charge in [0, 0.05) is 5.56 Å². The highest BCUT2D eigenvalue weighted by Crippen LogP contribution is 2.49. The number of hydrogen-bond acceptors (Lipinski definition) is 5. The second-order valence-electron chi connectivity index (χ2n) is 7.75. The second kappa shape index (κ2) is 7.56. The van der Waals surface area contributed by atoms with Crippen molar-refractivity contribution in [3.05, 3.63) is 90.0 Å². The van der Waals surface area contributed by atoms with Crippen LogP contribution in [-0.4, -0.2) is 25.0 Å². The van der Waals surface area contributed by atoms with E-state index in [9.17, 15) is 9.59 Å². The van der Waals surface area contributed by atoms with Gasteiger partial charge in [0.05, 0.1) is 24.5 Å². The lowest BCUT2D eigenvalue weighted by molar-refractivity contribution is -0.126. The lowest BCUT2D eigenvalue weighted by Crippen LogP contribution is -2.37. The highest BCUT2D eigenvalue weighted by atomic mass is 16.7. The largest absolute Gasteiger partial charge is 0.496 e. The Labute approximate surface area is 180 Å². The molecule has 0 spiro atoms. The predicted octanol–water partition coefficient (Wildman–Crippen LogP) is 4.05. The maximum atomic E-state index is 13.6. The highest BCUT2D eigenvalue weighted by molar-refractivity contribution is 6.23. The van der Waals surface area contributed by atoms with Crippen molar-refractivity contribution in [2.45, 2.75) is 19.1 Å². The summed E-state index contributed by atoms with van der Waals surface area (Å²) in [4.78, 5) is 34.3. The van der Waals surface area contributed by atoms with Crippen LogP contribution in [0.2, 0.25) is 0 Å². The smallest absolute Gasteiger partial charge is 0.266 e. The minimum atomic E-state index is -0.899. The van der Waals surface area contributed by atoms with Crippen LogP contribution in [0.1, 0.15) is 17.2 Å². The zero-order valence-corrected chi connectivity index (χ0v) is 17.3. The number of amides is 2. The first-order valence-electron chi connectivity index (χ1n) is 10.2. The highest BCUT2D eigenvalue weighted by Gasteiger charge is 2.60. The fourth-order valence-electron chi connectivity index (χ4n) is 4.39. The van der Waals surface area contributed by atoms with Crippen LogP contribution in [0.5, 0.6) is 5.75 Å². The number of nitrogens with zero attached hydrogens (tertiary/aromatic N) is 2. The van der Waals surface area contributed by atoms with E-state index < -0.39 is 18.1 Å². The molecule has 0 unspecified atom stereocenters. The first-order valence-corrected chi connectivity index (χ1v) is 10.2. The molecule has 2 heterocycles. The number of benzene rings is 3. The number of carbonyl (C=O) groups excluding carboxylic acids is 2. The zero-order chi connectivity index (χ0) is 21.5. The van der Waals surface area contributed by atoms with Crippen LogP contribution in [0, 0.1) is 12.8 Å². The average molecular weight is 414 g/mol. The Hall–Kier alpha value is -3.64. The molecule has 0 radical (unpaired) electrons. The van der Waals surface area contributed by atoms with Gasteiger partial charge in [0.2, 0.25) is 5.91 Å². The van der Waals surface area contributed by atoms with Crippen LogP contribution in [0.3, 0.4) is 0 Å². The summed E-state index contributed by atoms with van der Waals surface area (Å²) in [5, 5.41) is 1.68. The fourth-order valence-corrected chi connectivity index (χ4v) is 4.39. The van der Waals surface area contributed by atoms with Crippen molar-refractivity contribution >= 4 is 23.2 Å². The molecule has 3 aromatic carbocycles. The van der Waals surface area contributed by atoms with E-state index in [2.05, 4.69) is 0 Å². The van der Waals surface area contributed by atoms with Crippen molar-refractivity contribution in [3.63, 3.8) is 0 Å². The normalized spacial score (nSPS) is 22.7. The molecule has 2 saturated heterocycles. The summed E-state index contributed by atoms with van der Waals surface area (Å²) in [6, 6.07) is 23.9. The third-order valence-corrected chi connectivity index (χ3v) is 5.88. The molecule has 2 amide bonds. The van der Waals surface area contributed by atoms with Gasteiger partial charge in [-0.25, -0.2) is 9.96 Å². The van der Waals surface area contributed by atoms with Crippen LogP contribution in [0.25, 0.3) is 0 Å². The number of anilines is 2. The Bertz CT molecular complexity index is 1130. The molecule has 0 aliphatic carbocycles. The Balaban J connectivity index is 1.61. The van der Waals surface area contributed by atoms with Crippen molar-refractivity contribution in [3.8, 4) is 5.75 Å². The number of hydroxylamine groups is 1. The van der Waals surface area contributed by atoms with E-state index in [1.165, 1.54) is 4.90 Å². The number of methoxy groups -OCH3 is 1. The first-order chi connectivity index (χ1) is 15.1. The van der Waals surface area contributed by atoms with Gasteiger partial charge in [-0.3, -0.25) is 14.4 Å². The molecule has 5 rings (SSSR count). The van der Waals surface area contributed by atoms with E-state index in [0.29, 0.717) is 11.4 Å². The van der Waals surface area contributed by atoms with Crippen LogP contribution in [-0.2, 0) is 14.4 Å². The SMILES string of the molecule is COc1ccccc1[C@@H]1[C@@H]2C(=O)N(c3ccc(C)cc3)C(=O)[C@H]2ON1c1ccccc1. The molecule has 0 aromatic heterocycles. The van der Waals surface area contributed by atoms with Crippen molar-refractivity contribution in [2.24, 2.45) is 5.92 Å². The van der Waals surface area contributed by atoms with E-state index in [1.807, 2.05) is 73.7 Å². The Morgan fingerprint density at radius 2 is 1.48 bits per heavy atom. The Kier molecular flexibility index (Phi) is 4.71. The molecule has 0 bridgehead atoms. The van der Waals surface area contributed by atoms with Crippen LogP contribution < -0.4 is 14.7 Å². The maximum Gasteiger partial charge on any atom is 0.266 e. The van der Waals surface area contributed by atoms with Crippen molar-refractivity contribution < 1.29 is 19.2 Å². The maximum absolute atomic E-state index is 13.6. The minimum Gasteiger partial charge on any atom is -0.496 e. The van der Waals surface area contributed by atoms with Gasteiger partial charge in [-0.1, -0.05) is 54.1 Å². The molecule has 31 heavy (non-hydrogen) atoms. The van der Waals surface area contributed by atoms with Crippen molar-refractivity contribution in [1.82, 2.24) is 0 Å². The molecule has 2 aliphatic heterocycles. The summed E-state index contributed by atoms with van der Waals surface area (Å²) < 4.78 is 5.59. The number of imide groups is 1. The topological polar surface area (TPSA) is 59.1 Å². The molecule has 3 atom stereocenters. The molecular weight excluding hydrogens is 392 g/mol. The fraction of sp³-hybridized carbons (Fsp3) is 0.200. The number of hydrogen-bond donors (Lipinski definition) is 0. The second-order valence-corrected chi connectivity index (χ2v) is 7.75. The van der Waals surface area contributed by atoms with Crippen molar-refractivity contribution in [1.29, 1.82) is 0 Å². The standard InChI is InChI=1S/C25H22N2O4/c1-16-12-14-17(15-13-16)26-24(28)21-22(19-10-6-7-11-20(19)30-2)27(31-23(21)25(26)29)18-8-4-3-5-9-18/h3-15,21-23H,1-2H3/t21-,22+,23-/m0/s1. The molecule has 2 aliphatic rings. The predicted molar refractivity (Wildman–Crippen MR) is 117 cm³/mol. The van der Waals surface area contributed by atoms with Gasteiger partial charge in [-0.15, -0.1) is 0 Å². The third-order valence-electron chi connectivity index (χ3n) is 5.88. The minimum absolute atomic E-state index is 0.270. The summed E-state index contributed by atoms with van der Waals surface area (Å²) in [7, 11) is 1.60. The molecule has 156 valence electrons. The number of aryl methyl sites for hydroxylation is 1. The first kappa shape index (κ1) is 19.3. The summed E-state index contributed by atoms with van der Waals surface area (Å²) in [5.41, 5.74) is 3.19. The number of fused-ring (bicyclic) bond motifs is 1. The van der Waals surface area contributed by atoms with E-state index in [1.54, 1.807) is 24.3 Å². The van der Waals surface area contributed by atoms with Crippen molar-refractivity contribution in [2.75, 3.05) is 17.1 Å². The van der Waals surface area contributed by atoms with E-state index in [0.717, 1.165) is 16.8 Å². The van der Waals surface area contributed by atoms with Gasteiger partial charge in [0.1, 0.15) is 11.7 Å². The monoisotopic (exact) mass is 414 g/mol. The van der Waals surface area contributed by atoms with E-state index in [-0.39, 0.29) is 11.8 Å². The summed E-state index contributed by atoms with van der Waals surface area (Å²) >= 11 is 0. The van der Waals surface area contributed by atoms with Gasteiger partial charge in [0.15, 0.2) is 6.10 Å². The van der Waals surface area contributed by atoms with Gasteiger partial charge >= 0.3 is 0 Å². The molecule has 6 heteroatoms. The number of carbonyl (C=O) groups is 2. The van der Waals surface area contributed by atoms with Gasteiger partial charge in [-0.05, 0) is 37.3 Å². The lowest BCUT2D eigenvalue weighted by Gasteiger charge is -2.29. The molecule has 6 nitrogen and oxygen atoms in total. The zero-order valence-electron chi connectivity index (χ0n) is 17.3. The average Bonchev–Trinajstić information content (AvgIpc) is 3.31. The Morgan fingerprint density at radius 1 is 0.806 bits per heavy atom. The summed E-state index contributed by atoms with van der Waals surface area (Å²) in [6.07, 6.45) is -0.899. The molecule has 2 fully saturated rings. The van der Waals surface area contributed by atoms with E-state index >= 15 is 0 Å². The molecule has 0 saturated carbocycles. The number of para-hydroxylation sites is 2. The van der Waals surface area contributed by atoms with Gasteiger partial charge in [0.25, 0.3) is 5.91 Å². The molecule has 3 aromatic rings. The number of ether oxygens (including phenoxy) is 1. The number of rotatable bonds is 4. The van der Waals surface area contributed by atoms with Gasteiger partial charge < -0.3 is 4.74 Å². The molecule has 0 N–H and O–H groups in total. The molecular formula is C25H22N2O4. The summed E-state index contributed by atoms with van der Waals surface area (Å²) in [5.74, 6) is -0.664. The van der Waals surface area contributed by atoms with E-state index in [4.69, 9.17) is 9.57 Å². The lowest BCUT2D eigenvalue weighted by atomic mass is 9.90. The van der Waals surface area contributed by atoms with Gasteiger partial charge in [-0.2, -0.15) is 0 Å². The quantitative estimate of drug-likeness (QED) is 0.603. The Morgan fingerprint density at radius 3 is 2.19 bits per heavy atom. The van der Waals surface area contributed by atoms with Crippen LogP contribution in [0.4, 0.5) is 11.4 Å². The third kappa shape index (κ3) is 3.07. The van der Waals surface area contributed by atoms with Crippen LogP contribution in [0.15, 0.2) is 78.9 Å².